The number of ether oxygens (including phenoxy) is 1. The molecule has 6 nitrogen and oxygen atoms in total. The number of amides is 1. The van der Waals surface area contributed by atoms with Crippen LogP contribution in [0.2, 0.25) is 0 Å². The Bertz CT molecular complexity index is 405. The second kappa shape index (κ2) is 3.09. The van der Waals surface area contributed by atoms with Crippen molar-refractivity contribution in [1.29, 1.82) is 0 Å². The molecule has 1 aliphatic rings. The van der Waals surface area contributed by atoms with Crippen LogP contribution in [0, 0.1) is 0 Å². The number of nitrogens with zero attached hydrogens (tertiary/aromatic N) is 2. The van der Waals surface area contributed by atoms with E-state index >= 15 is 0 Å². The molecule has 1 aromatic heterocycles. The minimum absolute atomic E-state index is 0.109. The molecular formula is C9H11N3O3. The predicted octanol–water partition coefficient (Wildman–Crippen LogP) is 0.633. The van der Waals surface area contributed by atoms with E-state index in [0.717, 1.165) is 4.90 Å². The Labute approximate surface area is 86.3 Å². The van der Waals surface area contributed by atoms with Gasteiger partial charge >= 0.3 is 6.09 Å². The van der Waals surface area contributed by atoms with Crippen LogP contribution in [-0.4, -0.2) is 28.5 Å². The maximum atomic E-state index is 11.1. The fourth-order valence-electron chi connectivity index (χ4n) is 1.55. The first-order chi connectivity index (χ1) is 7.02. The standard InChI is InChI=1S/C9H11N3O3/c1-9(10)5-15-7-4-11-3-2-6(7)12(9)8(13)14/h2-4H,5,10H2,1H3,(H,13,14). The van der Waals surface area contributed by atoms with Crippen LogP contribution < -0.4 is 15.4 Å². The summed E-state index contributed by atoms with van der Waals surface area (Å²) in [5.74, 6) is 0.433. The molecule has 2 rings (SSSR count). The summed E-state index contributed by atoms with van der Waals surface area (Å²) in [6.07, 6.45) is 1.87. The molecule has 0 aliphatic carbocycles. The van der Waals surface area contributed by atoms with E-state index in [2.05, 4.69) is 4.98 Å². The first kappa shape index (κ1) is 9.72. The highest BCUT2D eigenvalue weighted by atomic mass is 16.5. The van der Waals surface area contributed by atoms with Gasteiger partial charge in [-0.05, 0) is 13.0 Å². The zero-order valence-electron chi connectivity index (χ0n) is 8.17. The van der Waals surface area contributed by atoms with Crippen LogP contribution in [-0.2, 0) is 0 Å². The average molecular weight is 209 g/mol. The number of hydrogen-bond donors (Lipinski definition) is 2. The van der Waals surface area contributed by atoms with E-state index in [1.807, 2.05) is 0 Å². The minimum atomic E-state index is -1.10. The monoisotopic (exact) mass is 209 g/mol. The Morgan fingerprint density at radius 1 is 1.80 bits per heavy atom. The molecule has 0 saturated heterocycles. The van der Waals surface area contributed by atoms with E-state index in [-0.39, 0.29) is 6.61 Å². The molecular weight excluding hydrogens is 198 g/mol. The molecule has 1 atom stereocenters. The topological polar surface area (TPSA) is 88.7 Å². The lowest BCUT2D eigenvalue weighted by Gasteiger charge is -2.40. The number of nitrogens with two attached hydrogens (primary N) is 1. The zero-order chi connectivity index (χ0) is 11.1. The van der Waals surface area contributed by atoms with Crippen LogP contribution in [0.15, 0.2) is 18.5 Å². The Balaban J connectivity index is 2.53. The SMILES string of the molecule is CC1(N)COc2cnccc2N1C(=O)O. The average Bonchev–Trinajstić information content (AvgIpc) is 2.15. The van der Waals surface area contributed by atoms with Crippen LogP contribution in [0.25, 0.3) is 0 Å². The van der Waals surface area contributed by atoms with E-state index in [0.29, 0.717) is 11.4 Å². The number of carbonyl (C=O) groups is 1. The van der Waals surface area contributed by atoms with Crippen LogP contribution in [0.5, 0.6) is 5.75 Å². The summed E-state index contributed by atoms with van der Waals surface area (Å²) < 4.78 is 5.33. The Morgan fingerprint density at radius 3 is 3.20 bits per heavy atom. The van der Waals surface area contributed by atoms with Crippen molar-refractivity contribution in [2.24, 2.45) is 5.73 Å². The number of fused-ring (bicyclic) bond motifs is 1. The fraction of sp³-hybridized carbons (Fsp3) is 0.333. The van der Waals surface area contributed by atoms with Gasteiger partial charge in [-0.2, -0.15) is 0 Å². The minimum Gasteiger partial charge on any atom is -0.486 e. The van der Waals surface area contributed by atoms with Gasteiger partial charge in [0, 0.05) is 6.20 Å². The smallest absolute Gasteiger partial charge is 0.413 e. The number of anilines is 1. The van der Waals surface area contributed by atoms with Gasteiger partial charge in [-0.1, -0.05) is 0 Å². The molecule has 2 heterocycles. The molecule has 0 radical (unpaired) electrons. The molecule has 15 heavy (non-hydrogen) atoms. The number of aromatic nitrogens is 1. The summed E-state index contributed by atoms with van der Waals surface area (Å²) in [7, 11) is 0. The molecule has 0 fully saturated rings. The Morgan fingerprint density at radius 2 is 2.53 bits per heavy atom. The second-order valence-electron chi connectivity index (χ2n) is 3.61. The maximum absolute atomic E-state index is 11.1. The Hall–Kier alpha value is -1.82. The molecule has 80 valence electrons. The highest BCUT2D eigenvalue weighted by Crippen LogP contribution is 2.35. The van der Waals surface area contributed by atoms with Crippen molar-refractivity contribution in [2.45, 2.75) is 12.6 Å². The van der Waals surface area contributed by atoms with Crippen molar-refractivity contribution < 1.29 is 14.6 Å². The van der Waals surface area contributed by atoms with E-state index in [1.165, 1.54) is 12.4 Å². The quantitative estimate of drug-likeness (QED) is 0.654. The van der Waals surface area contributed by atoms with E-state index < -0.39 is 11.8 Å². The largest absolute Gasteiger partial charge is 0.486 e. The summed E-state index contributed by atoms with van der Waals surface area (Å²) in [4.78, 5) is 16.0. The zero-order valence-corrected chi connectivity index (χ0v) is 8.17. The van der Waals surface area contributed by atoms with E-state index in [4.69, 9.17) is 15.6 Å². The van der Waals surface area contributed by atoms with Crippen molar-refractivity contribution in [3.05, 3.63) is 18.5 Å². The fourth-order valence-corrected chi connectivity index (χ4v) is 1.55. The van der Waals surface area contributed by atoms with Gasteiger partial charge in [-0.25, -0.2) is 4.79 Å². The van der Waals surface area contributed by atoms with Gasteiger partial charge in [-0.3, -0.25) is 9.88 Å². The maximum Gasteiger partial charge on any atom is 0.413 e. The van der Waals surface area contributed by atoms with Gasteiger partial charge in [0.05, 0.1) is 11.9 Å². The molecule has 0 saturated carbocycles. The van der Waals surface area contributed by atoms with Crippen molar-refractivity contribution in [2.75, 3.05) is 11.5 Å². The lowest BCUT2D eigenvalue weighted by atomic mass is 10.1. The van der Waals surface area contributed by atoms with Crippen molar-refractivity contribution in [1.82, 2.24) is 4.98 Å². The number of carboxylic acid groups (broad SMARTS) is 1. The molecule has 1 aromatic rings. The molecule has 0 spiro atoms. The predicted molar refractivity (Wildman–Crippen MR) is 52.8 cm³/mol. The summed E-state index contributed by atoms with van der Waals surface area (Å²) in [5, 5.41) is 9.09. The van der Waals surface area contributed by atoms with E-state index in [9.17, 15) is 4.79 Å². The van der Waals surface area contributed by atoms with Gasteiger partial charge in [0.15, 0.2) is 5.75 Å². The van der Waals surface area contributed by atoms with Crippen molar-refractivity contribution in [3.63, 3.8) is 0 Å². The lowest BCUT2D eigenvalue weighted by molar-refractivity contribution is 0.166. The van der Waals surface area contributed by atoms with Gasteiger partial charge in [0.1, 0.15) is 12.3 Å². The third-order valence-corrected chi connectivity index (χ3v) is 2.23. The van der Waals surface area contributed by atoms with E-state index in [1.54, 1.807) is 13.0 Å². The molecule has 0 bridgehead atoms. The van der Waals surface area contributed by atoms with Crippen molar-refractivity contribution in [3.8, 4) is 5.75 Å². The molecule has 6 heteroatoms. The van der Waals surface area contributed by atoms with Crippen LogP contribution in [0.4, 0.5) is 10.5 Å². The van der Waals surface area contributed by atoms with Crippen molar-refractivity contribution >= 4 is 11.8 Å². The van der Waals surface area contributed by atoms with Crippen LogP contribution in [0.3, 0.4) is 0 Å². The van der Waals surface area contributed by atoms with Gasteiger partial charge < -0.3 is 15.6 Å². The first-order valence-corrected chi connectivity index (χ1v) is 4.41. The van der Waals surface area contributed by atoms with Gasteiger partial charge in [0.25, 0.3) is 0 Å². The first-order valence-electron chi connectivity index (χ1n) is 4.41. The molecule has 1 aliphatic heterocycles. The lowest BCUT2D eigenvalue weighted by Crippen LogP contribution is -2.62. The summed E-state index contributed by atoms with van der Waals surface area (Å²) >= 11 is 0. The molecule has 1 amide bonds. The highest BCUT2D eigenvalue weighted by Gasteiger charge is 2.39. The second-order valence-corrected chi connectivity index (χ2v) is 3.61. The number of rotatable bonds is 0. The Kier molecular flexibility index (Phi) is 2.01. The molecule has 3 N–H and O–H groups in total. The third-order valence-electron chi connectivity index (χ3n) is 2.23. The van der Waals surface area contributed by atoms with Gasteiger partial charge in [-0.15, -0.1) is 0 Å². The molecule has 1 unspecified atom stereocenters. The number of hydrogen-bond acceptors (Lipinski definition) is 4. The number of pyridine rings is 1. The summed E-state index contributed by atoms with van der Waals surface area (Å²) in [6.45, 7) is 1.71. The summed E-state index contributed by atoms with van der Waals surface area (Å²) in [5.41, 5.74) is 5.21. The third kappa shape index (κ3) is 1.48. The normalized spacial score (nSPS) is 24.3. The highest BCUT2D eigenvalue weighted by molar-refractivity contribution is 5.90. The van der Waals surface area contributed by atoms with Gasteiger partial charge in [0.2, 0.25) is 0 Å². The molecule has 0 aromatic carbocycles. The summed E-state index contributed by atoms with van der Waals surface area (Å²) in [6, 6.07) is 1.56. The van der Waals surface area contributed by atoms with Crippen LogP contribution >= 0.6 is 0 Å². The van der Waals surface area contributed by atoms with Crippen LogP contribution in [0.1, 0.15) is 6.92 Å².